The molecule has 1 heterocycles. The summed E-state index contributed by atoms with van der Waals surface area (Å²) in [6, 6.07) is 5.72. The number of anilines is 1. The van der Waals surface area contributed by atoms with Crippen molar-refractivity contribution < 1.29 is 18.0 Å². The number of nitrogens with zero attached hydrogens (tertiary/aromatic N) is 3. The number of benzene rings is 1. The minimum atomic E-state index is -3.74. The van der Waals surface area contributed by atoms with Crippen LogP contribution >= 0.6 is 0 Å². The first-order valence-electron chi connectivity index (χ1n) is 8.28. The maximum atomic E-state index is 12.0. The van der Waals surface area contributed by atoms with E-state index in [-0.39, 0.29) is 16.8 Å². The Labute approximate surface area is 153 Å². The van der Waals surface area contributed by atoms with E-state index in [1.54, 1.807) is 23.9 Å². The molecule has 3 N–H and O–H groups in total. The van der Waals surface area contributed by atoms with E-state index in [9.17, 15) is 18.0 Å². The van der Waals surface area contributed by atoms with Crippen molar-refractivity contribution in [1.82, 2.24) is 14.7 Å². The fourth-order valence-electron chi connectivity index (χ4n) is 2.66. The van der Waals surface area contributed by atoms with Gasteiger partial charge in [-0.15, -0.1) is 0 Å². The molecule has 0 bridgehead atoms. The number of hydrogen-bond donors (Lipinski definition) is 2. The molecule has 3 amide bonds. The molecule has 1 aromatic rings. The summed E-state index contributed by atoms with van der Waals surface area (Å²) in [5.74, 6) is -0.153. The maximum absolute atomic E-state index is 12.0. The summed E-state index contributed by atoms with van der Waals surface area (Å²) >= 11 is 0. The number of amides is 3. The van der Waals surface area contributed by atoms with Gasteiger partial charge >= 0.3 is 6.03 Å². The van der Waals surface area contributed by atoms with Crippen LogP contribution in [0.3, 0.4) is 0 Å². The third kappa shape index (κ3) is 5.68. The maximum Gasteiger partial charge on any atom is 0.319 e. The highest BCUT2D eigenvalue weighted by Crippen LogP contribution is 2.13. The predicted molar refractivity (Wildman–Crippen MR) is 98.2 cm³/mol. The lowest BCUT2D eigenvalue weighted by Gasteiger charge is -2.35. The smallest absolute Gasteiger partial charge is 0.319 e. The molecule has 1 fully saturated rings. The third-order valence-corrected chi connectivity index (χ3v) is 5.08. The van der Waals surface area contributed by atoms with Gasteiger partial charge in [-0.2, -0.15) is 0 Å². The topological polar surface area (TPSA) is 116 Å². The lowest BCUT2D eigenvalue weighted by atomic mass is 10.2. The monoisotopic (exact) mass is 383 g/mol. The highest BCUT2D eigenvalue weighted by molar-refractivity contribution is 7.89. The summed E-state index contributed by atoms with van der Waals surface area (Å²) in [6.07, 6.45) is 0.318. The van der Waals surface area contributed by atoms with Gasteiger partial charge in [0.15, 0.2) is 0 Å². The minimum Gasteiger partial charge on any atom is -0.331 e. The molecule has 0 aliphatic carbocycles. The Hall–Kier alpha value is -2.17. The Kier molecular flexibility index (Phi) is 6.57. The SMILES string of the molecule is CN(C)C(=O)N1CCN(CCC(=O)Nc2ccc(S(N)(=O)=O)cc2)CC1. The zero-order valence-electron chi connectivity index (χ0n) is 15.0. The highest BCUT2D eigenvalue weighted by atomic mass is 32.2. The number of carbonyl (C=O) groups excluding carboxylic acids is 2. The standard InChI is InChI=1S/C16H25N5O4S/c1-19(2)16(23)21-11-9-20(10-12-21)8-7-15(22)18-13-3-5-14(6-4-13)26(17,24)25/h3-6H,7-12H2,1-2H3,(H,18,22)(H2,17,24,25). The van der Waals surface area contributed by atoms with Gasteiger partial charge in [0.25, 0.3) is 0 Å². The Balaban J connectivity index is 1.75. The van der Waals surface area contributed by atoms with Gasteiger partial charge in [0, 0.05) is 58.9 Å². The Morgan fingerprint density at radius 2 is 1.69 bits per heavy atom. The summed E-state index contributed by atoms with van der Waals surface area (Å²) in [5.41, 5.74) is 0.517. The molecule has 9 nitrogen and oxygen atoms in total. The van der Waals surface area contributed by atoms with Crippen LogP contribution in [0.15, 0.2) is 29.2 Å². The Morgan fingerprint density at radius 3 is 2.19 bits per heavy atom. The Morgan fingerprint density at radius 1 is 1.12 bits per heavy atom. The van der Waals surface area contributed by atoms with E-state index in [2.05, 4.69) is 10.2 Å². The number of carbonyl (C=O) groups is 2. The average Bonchev–Trinajstić information content (AvgIpc) is 2.59. The van der Waals surface area contributed by atoms with Crippen LogP contribution in [0.2, 0.25) is 0 Å². The van der Waals surface area contributed by atoms with Crippen LogP contribution in [-0.2, 0) is 14.8 Å². The second kappa shape index (κ2) is 8.47. The molecule has 0 spiro atoms. The van der Waals surface area contributed by atoms with Crippen molar-refractivity contribution in [2.75, 3.05) is 52.1 Å². The fourth-order valence-corrected chi connectivity index (χ4v) is 3.17. The van der Waals surface area contributed by atoms with Gasteiger partial charge in [0.2, 0.25) is 15.9 Å². The number of nitrogens with two attached hydrogens (primary N) is 1. The van der Waals surface area contributed by atoms with E-state index in [1.807, 2.05) is 0 Å². The van der Waals surface area contributed by atoms with Gasteiger partial charge in [0.05, 0.1) is 4.90 Å². The number of urea groups is 1. The molecule has 1 aromatic carbocycles. The van der Waals surface area contributed by atoms with Crippen molar-refractivity contribution in [2.24, 2.45) is 5.14 Å². The number of piperazine rings is 1. The molecule has 10 heteroatoms. The number of hydrogen-bond acceptors (Lipinski definition) is 5. The van der Waals surface area contributed by atoms with E-state index in [4.69, 9.17) is 5.14 Å². The fraction of sp³-hybridized carbons (Fsp3) is 0.500. The molecular weight excluding hydrogens is 358 g/mol. The van der Waals surface area contributed by atoms with Crippen molar-refractivity contribution in [1.29, 1.82) is 0 Å². The molecule has 144 valence electrons. The van der Waals surface area contributed by atoms with E-state index in [0.717, 1.165) is 13.1 Å². The van der Waals surface area contributed by atoms with Crippen LogP contribution in [0.25, 0.3) is 0 Å². The first-order chi connectivity index (χ1) is 12.2. The van der Waals surface area contributed by atoms with Crippen LogP contribution in [0.1, 0.15) is 6.42 Å². The molecule has 26 heavy (non-hydrogen) atoms. The van der Waals surface area contributed by atoms with Crippen molar-refractivity contribution >= 4 is 27.6 Å². The summed E-state index contributed by atoms with van der Waals surface area (Å²) in [4.78, 5) is 29.4. The van der Waals surface area contributed by atoms with Crippen LogP contribution in [0, 0.1) is 0 Å². The van der Waals surface area contributed by atoms with Gasteiger partial charge in [-0.25, -0.2) is 18.4 Å². The van der Waals surface area contributed by atoms with Gasteiger partial charge < -0.3 is 15.1 Å². The largest absolute Gasteiger partial charge is 0.331 e. The molecule has 0 saturated carbocycles. The lowest BCUT2D eigenvalue weighted by Crippen LogP contribution is -2.51. The first-order valence-corrected chi connectivity index (χ1v) is 9.83. The van der Waals surface area contributed by atoms with Crippen LogP contribution in [-0.4, -0.2) is 81.9 Å². The van der Waals surface area contributed by atoms with E-state index < -0.39 is 10.0 Å². The Bertz CT molecular complexity index is 740. The van der Waals surface area contributed by atoms with E-state index in [1.165, 1.54) is 24.3 Å². The predicted octanol–water partition coefficient (Wildman–Crippen LogP) is -0.0382. The zero-order valence-corrected chi connectivity index (χ0v) is 15.8. The quantitative estimate of drug-likeness (QED) is 0.740. The number of nitrogens with one attached hydrogen (secondary N) is 1. The van der Waals surface area contributed by atoms with Crippen LogP contribution in [0.5, 0.6) is 0 Å². The van der Waals surface area contributed by atoms with Crippen molar-refractivity contribution in [3.8, 4) is 0 Å². The second-order valence-electron chi connectivity index (χ2n) is 6.37. The van der Waals surface area contributed by atoms with Crippen molar-refractivity contribution in [3.63, 3.8) is 0 Å². The summed E-state index contributed by atoms with van der Waals surface area (Å²) in [7, 11) is -0.278. The van der Waals surface area contributed by atoms with Gasteiger partial charge in [-0.05, 0) is 24.3 Å². The number of rotatable bonds is 5. The van der Waals surface area contributed by atoms with Gasteiger partial charge in [-0.3, -0.25) is 9.69 Å². The summed E-state index contributed by atoms with van der Waals surface area (Å²) < 4.78 is 22.4. The second-order valence-corrected chi connectivity index (χ2v) is 7.93. The molecule has 1 saturated heterocycles. The normalized spacial score (nSPS) is 15.6. The lowest BCUT2D eigenvalue weighted by molar-refractivity contribution is -0.116. The average molecular weight is 383 g/mol. The highest BCUT2D eigenvalue weighted by Gasteiger charge is 2.22. The van der Waals surface area contributed by atoms with Gasteiger partial charge in [-0.1, -0.05) is 0 Å². The minimum absolute atomic E-state index is 0.000594. The summed E-state index contributed by atoms with van der Waals surface area (Å²) in [5, 5.41) is 7.77. The first kappa shape index (κ1) is 20.1. The molecule has 0 atom stereocenters. The van der Waals surface area contributed by atoms with Crippen molar-refractivity contribution in [3.05, 3.63) is 24.3 Å². The third-order valence-electron chi connectivity index (χ3n) is 4.15. The number of sulfonamides is 1. The molecule has 1 aliphatic rings. The van der Waals surface area contributed by atoms with E-state index in [0.29, 0.717) is 31.7 Å². The van der Waals surface area contributed by atoms with Crippen LogP contribution < -0.4 is 10.5 Å². The molecule has 0 unspecified atom stereocenters. The van der Waals surface area contributed by atoms with Gasteiger partial charge in [0.1, 0.15) is 0 Å². The molecule has 0 radical (unpaired) electrons. The molecule has 0 aromatic heterocycles. The molecular formula is C16H25N5O4S. The van der Waals surface area contributed by atoms with E-state index >= 15 is 0 Å². The zero-order chi connectivity index (χ0) is 19.3. The van der Waals surface area contributed by atoms with Crippen molar-refractivity contribution in [2.45, 2.75) is 11.3 Å². The number of primary sulfonamides is 1. The summed E-state index contributed by atoms with van der Waals surface area (Å²) in [6.45, 7) is 3.36. The molecule has 1 aliphatic heterocycles. The van der Waals surface area contributed by atoms with Crippen LogP contribution in [0.4, 0.5) is 10.5 Å². The molecule has 2 rings (SSSR count).